The van der Waals surface area contributed by atoms with Crippen molar-refractivity contribution in [2.75, 3.05) is 18.4 Å². The van der Waals surface area contributed by atoms with Crippen LogP contribution in [-0.2, 0) is 11.8 Å². The number of carbonyl (C=O) groups is 2. The molecule has 0 atom stereocenters. The molecule has 0 aromatic carbocycles. The van der Waals surface area contributed by atoms with Gasteiger partial charge in [0.05, 0.1) is 11.7 Å². The number of anilines is 1. The number of likely N-dealkylation sites (tertiary alicyclic amines) is 1. The summed E-state index contributed by atoms with van der Waals surface area (Å²) in [7, 11) is 1.74. The number of nitrogens with one attached hydrogen (secondary N) is 2. The predicted octanol–water partition coefficient (Wildman–Crippen LogP) is 1.55. The van der Waals surface area contributed by atoms with Crippen LogP contribution >= 0.6 is 0 Å². The maximum Gasteiger partial charge on any atom is 0.410 e. The molecule has 0 spiro atoms. The minimum Gasteiger partial charge on any atom is -0.444 e. The van der Waals surface area contributed by atoms with Crippen molar-refractivity contribution in [3.63, 3.8) is 0 Å². The first-order chi connectivity index (χ1) is 10.1. The molecular weight excluding hydrogens is 286 g/mol. The standard InChI is InChI=1S/C14H23N5O3/c1-13(2,3)22-12(21)19-8-14(4,9-19)17-11(20)16-10-6-7-15-18(10)5/h6-7H,8-9H2,1-5H3,(H2,16,17,20). The van der Waals surface area contributed by atoms with E-state index in [-0.39, 0.29) is 12.1 Å². The fraction of sp³-hybridized carbons (Fsp3) is 0.643. The minimum atomic E-state index is -0.520. The van der Waals surface area contributed by atoms with Crippen LogP contribution in [0, 0.1) is 0 Å². The van der Waals surface area contributed by atoms with Gasteiger partial charge in [-0.2, -0.15) is 5.10 Å². The topological polar surface area (TPSA) is 88.5 Å². The summed E-state index contributed by atoms with van der Waals surface area (Å²) in [6.07, 6.45) is 1.24. The molecule has 1 aliphatic rings. The van der Waals surface area contributed by atoms with Gasteiger partial charge in [0.1, 0.15) is 11.4 Å². The summed E-state index contributed by atoms with van der Waals surface area (Å²) in [4.78, 5) is 25.4. The fourth-order valence-electron chi connectivity index (χ4n) is 2.25. The first-order valence-corrected chi connectivity index (χ1v) is 7.13. The van der Waals surface area contributed by atoms with Gasteiger partial charge in [0.15, 0.2) is 0 Å². The summed E-state index contributed by atoms with van der Waals surface area (Å²) in [5.41, 5.74) is -0.979. The van der Waals surface area contributed by atoms with Gasteiger partial charge in [-0.1, -0.05) is 0 Å². The molecular formula is C14H23N5O3. The second kappa shape index (κ2) is 5.51. The number of rotatable bonds is 2. The third-order valence-corrected chi connectivity index (χ3v) is 3.21. The van der Waals surface area contributed by atoms with Crippen LogP contribution in [0.25, 0.3) is 0 Å². The lowest BCUT2D eigenvalue weighted by Crippen LogP contribution is -2.70. The van der Waals surface area contributed by atoms with Crippen LogP contribution in [0.4, 0.5) is 15.4 Å². The fourth-order valence-corrected chi connectivity index (χ4v) is 2.25. The third kappa shape index (κ3) is 3.90. The first-order valence-electron chi connectivity index (χ1n) is 7.13. The van der Waals surface area contributed by atoms with Crippen LogP contribution in [0.15, 0.2) is 12.3 Å². The Labute approximate surface area is 129 Å². The molecule has 0 radical (unpaired) electrons. The number of hydrogen-bond donors (Lipinski definition) is 2. The van der Waals surface area contributed by atoms with E-state index in [1.165, 1.54) is 0 Å². The highest BCUT2D eigenvalue weighted by atomic mass is 16.6. The highest BCUT2D eigenvalue weighted by Gasteiger charge is 2.44. The Morgan fingerprint density at radius 2 is 2.00 bits per heavy atom. The van der Waals surface area contributed by atoms with Gasteiger partial charge in [-0.05, 0) is 27.7 Å². The molecule has 8 nitrogen and oxygen atoms in total. The Kier molecular flexibility index (Phi) is 4.04. The molecule has 1 aromatic heterocycles. The maximum atomic E-state index is 12.0. The van der Waals surface area contributed by atoms with Gasteiger partial charge in [-0.3, -0.25) is 10.00 Å². The van der Waals surface area contributed by atoms with E-state index in [9.17, 15) is 9.59 Å². The highest BCUT2D eigenvalue weighted by molar-refractivity contribution is 5.89. The molecule has 0 aliphatic carbocycles. The van der Waals surface area contributed by atoms with Crippen molar-refractivity contribution in [2.24, 2.45) is 7.05 Å². The van der Waals surface area contributed by atoms with Gasteiger partial charge in [0, 0.05) is 26.2 Å². The van der Waals surface area contributed by atoms with Crippen LogP contribution in [-0.4, -0.2) is 51.0 Å². The minimum absolute atomic E-state index is 0.324. The Morgan fingerprint density at radius 3 is 2.50 bits per heavy atom. The highest BCUT2D eigenvalue weighted by Crippen LogP contribution is 2.23. The molecule has 3 amide bonds. The van der Waals surface area contributed by atoms with Crippen molar-refractivity contribution in [3.05, 3.63) is 12.3 Å². The number of carbonyl (C=O) groups excluding carboxylic acids is 2. The monoisotopic (exact) mass is 309 g/mol. The number of urea groups is 1. The number of aromatic nitrogens is 2. The lowest BCUT2D eigenvalue weighted by Gasteiger charge is -2.47. The molecule has 0 bridgehead atoms. The van der Waals surface area contributed by atoms with E-state index in [1.54, 1.807) is 28.9 Å². The van der Waals surface area contributed by atoms with Crippen LogP contribution < -0.4 is 10.6 Å². The molecule has 1 saturated heterocycles. The van der Waals surface area contributed by atoms with E-state index in [0.717, 1.165) is 0 Å². The summed E-state index contributed by atoms with van der Waals surface area (Å²) < 4.78 is 6.85. The summed E-state index contributed by atoms with van der Waals surface area (Å²) >= 11 is 0. The van der Waals surface area contributed by atoms with Gasteiger partial charge in [0.2, 0.25) is 0 Å². The van der Waals surface area contributed by atoms with Crippen molar-refractivity contribution < 1.29 is 14.3 Å². The lowest BCUT2D eigenvalue weighted by molar-refractivity contribution is -0.00958. The molecule has 1 aliphatic heterocycles. The average molecular weight is 309 g/mol. The van der Waals surface area contributed by atoms with Gasteiger partial charge < -0.3 is 15.0 Å². The maximum absolute atomic E-state index is 12.0. The van der Waals surface area contributed by atoms with Crippen molar-refractivity contribution in [3.8, 4) is 0 Å². The van der Waals surface area contributed by atoms with E-state index < -0.39 is 11.1 Å². The third-order valence-electron chi connectivity index (χ3n) is 3.21. The molecule has 22 heavy (non-hydrogen) atoms. The largest absolute Gasteiger partial charge is 0.444 e. The number of aryl methyl sites for hydroxylation is 1. The van der Waals surface area contributed by atoms with Crippen LogP contribution in [0.1, 0.15) is 27.7 Å². The van der Waals surface area contributed by atoms with Crippen molar-refractivity contribution in [2.45, 2.75) is 38.8 Å². The predicted molar refractivity (Wildman–Crippen MR) is 81.6 cm³/mol. The zero-order chi connectivity index (χ0) is 16.5. The Hall–Kier alpha value is -2.25. The summed E-state index contributed by atoms with van der Waals surface area (Å²) in [5, 5.41) is 9.55. The van der Waals surface area contributed by atoms with Gasteiger partial charge in [-0.25, -0.2) is 9.59 Å². The molecule has 8 heteroatoms. The van der Waals surface area contributed by atoms with Gasteiger partial charge in [-0.15, -0.1) is 0 Å². The second-order valence-electron chi connectivity index (χ2n) is 6.82. The molecule has 2 heterocycles. The van der Waals surface area contributed by atoms with E-state index in [2.05, 4.69) is 15.7 Å². The average Bonchev–Trinajstić information content (AvgIpc) is 2.69. The molecule has 122 valence electrons. The zero-order valence-corrected chi connectivity index (χ0v) is 13.6. The van der Waals surface area contributed by atoms with Crippen LogP contribution in [0.2, 0.25) is 0 Å². The second-order valence-corrected chi connectivity index (χ2v) is 6.82. The molecule has 0 unspecified atom stereocenters. The summed E-state index contributed by atoms with van der Waals surface area (Å²) in [5.74, 6) is 0.601. The Morgan fingerprint density at radius 1 is 1.36 bits per heavy atom. The number of ether oxygens (including phenoxy) is 1. The Bertz CT molecular complexity index is 569. The molecule has 1 aromatic rings. The number of nitrogens with zero attached hydrogens (tertiary/aromatic N) is 3. The quantitative estimate of drug-likeness (QED) is 0.867. The molecule has 0 saturated carbocycles. The van der Waals surface area contributed by atoms with Crippen molar-refractivity contribution in [1.82, 2.24) is 20.0 Å². The lowest BCUT2D eigenvalue weighted by atomic mass is 9.93. The number of hydrogen-bond acceptors (Lipinski definition) is 4. The van der Waals surface area contributed by atoms with Crippen molar-refractivity contribution in [1.29, 1.82) is 0 Å². The Balaban J connectivity index is 1.81. The zero-order valence-electron chi connectivity index (χ0n) is 13.6. The summed E-state index contributed by atoms with van der Waals surface area (Å²) in [6.45, 7) is 8.19. The molecule has 2 rings (SSSR count). The van der Waals surface area contributed by atoms with E-state index in [1.807, 2.05) is 27.7 Å². The van der Waals surface area contributed by atoms with E-state index >= 15 is 0 Å². The van der Waals surface area contributed by atoms with Crippen LogP contribution in [0.3, 0.4) is 0 Å². The molecule has 1 fully saturated rings. The molecule has 2 N–H and O–H groups in total. The van der Waals surface area contributed by atoms with E-state index in [4.69, 9.17) is 4.74 Å². The van der Waals surface area contributed by atoms with E-state index in [0.29, 0.717) is 18.9 Å². The normalized spacial score (nSPS) is 16.7. The first kappa shape index (κ1) is 16.1. The summed E-state index contributed by atoms with van der Waals surface area (Å²) in [6, 6.07) is 1.38. The van der Waals surface area contributed by atoms with Gasteiger partial charge >= 0.3 is 12.1 Å². The van der Waals surface area contributed by atoms with Gasteiger partial charge in [0.25, 0.3) is 0 Å². The SMILES string of the molecule is Cn1nccc1NC(=O)NC1(C)CN(C(=O)OC(C)(C)C)C1. The smallest absolute Gasteiger partial charge is 0.410 e. The van der Waals surface area contributed by atoms with Crippen molar-refractivity contribution >= 4 is 17.9 Å². The van der Waals surface area contributed by atoms with Crippen LogP contribution in [0.5, 0.6) is 0 Å². The number of amides is 3.